The van der Waals surface area contributed by atoms with Gasteiger partial charge in [0.05, 0.1) is 17.0 Å². The minimum absolute atomic E-state index is 0.0486. The molecule has 1 aromatic heterocycles. The lowest BCUT2D eigenvalue weighted by Crippen LogP contribution is -2.37. The zero-order valence-electron chi connectivity index (χ0n) is 12.1. The lowest BCUT2D eigenvalue weighted by atomic mass is 10.2. The van der Waals surface area contributed by atoms with Crippen LogP contribution in [-0.2, 0) is 14.8 Å². The number of fused-ring (bicyclic) bond motifs is 1. The van der Waals surface area contributed by atoms with Crippen LogP contribution in [0.4, 0.5) is 5.13 Å². The normalized spacial score (nSPS) is 22.2. The van der Waals surface area contributed by atoms with Crippen LogP contribution in [0.1, 0.15) is 24.5 Å². The Kier molecular flexibility index (Phi) is 3.34. The molecule has 3 heterocycles. The summed E-state index contributed by atoms with van der Waals surface area (Å²) in [6.07, 6.45) is 7.08. The van der Waals surface area contributed by atoms with Crippen molar-refractivity contribution in [1.82, 2.24) is 9.88 Å². The van der Waals surface area contributed by atoms with Crippen molar-refractivity contribution in [3.8, 4) is 0 Å². The van der Waals surface area contributed by atoms with Gasteiger partial charge < -0.3 is 4.90 Å². The van der Waals surface area contributed by atoms with Crippen LogP contribution in [0.2, 0.25) is 0 Å². The van der Waals surface area contributed by atoms with E-state index in [1.807, 2.05) is 5.38 Å². The van der Waals surface area contributed by atoms with E-state index < -0.39 is 10.0 Å². The maximum atomic E-state index is 12.3. The summed E-state index contributed by atoms with van der Waals surface area (Å²) in [5.74, 6) is 0.593. The van der Waals surface area contributed by atoms with Crippen LogP contribution in [0, 0.1) is 0 Å². The molecule has 1 fully saturated rings. The van der Waals surface area contributed by atoms with Crippen molar-refractivity contribution in [2.24, 2.45) is 4.40 Å². The molecule has 7 nitrogen and oxygen atoms in total. The molecular formula is C14H14N4O3S2. The predicted molar refractivity (Wildman–Crippen MR) is 87.9 cm³/mol. The minimum atomic E-state index is -3.38. The van der Waals surface area contributed by atoms with Gasteiger partial charge in [0.2, 0.25) is 0 Å². The molecule has 3 aliphatic rings. The van der Waals surface area contributed by atoms with Gasteiger partial charge in [-0.2, -0.15) is 0 Å². The van der Waals surface area contributed by atoms with E-state index in [1.54, 1.807) is 23.3 Å². The summed E-state index contributed by atoms with van der Waals surface area (Å²) in [6, 6.07) is 0. The first-order chi connectivity index (χ1) is 11.0. The number of hydrogen-bond donors (Lipinski definition) is 1. The third-order valence-electron chi connectivity index (χ3n) is 3.82. The highest BCUT2D eigenvalue weighted by molar-refractivity contribution is 7.90. The molecule has 0 bridgehead atoms. The highest BCUT2D eigenvalue weighted by atomic mass is 32.2. The molecule has 120 valence electrons. The number of carbonyl (C=O) groups excluding carboxylic acids is 1. The molecule has 2 aliphatic heterocycles. The molecular weight excluding hydrogens is 336 g/mol. The Bertz CT molecular complexity index is 862. The molecule has 23 heavy (non-hydrogen) atoms. The number of nitrogens with one attached hydrogen (secondary N) is 1. The zero-order chi connectivity index (χ0) is 16.0. The van der Waals surface area contributed by atoms with Gasteiger partial charge in [-0.1, -0.05) is 0 Å². The quantitative estimate of drug-likeness (QED) is 0.891. The van der Waals surface area contributed by atoms with Crippen LogP contribution in [0.3, 0.4) is 0 Å². The van der Waals surface area contributed by atoms with E-state index in [0.717, 1.165) is 5.69 Å². The molecule has 1 N–H and O–H groups in total. The SMILES string of the molecule is O=C(Nc1nc(C2CC2)cs1)C1=CN2CCS(=O)(=O)N=C2C=C1. The summed E-state index contributed by atoms with van der Waals surface area (Å²) >= 11 is 1.42. The average molecular weight is 350 g/mol. The maximum Gasteiger partial charge on any atom is 0.258 e. The Morgan fingerprint density at radius 1 is 1.35 bits per heavy atom. The number of carbonyl (C=O) groups is 1. The number of nitrogens with zero attached hydrogens (tertiary/aromatic N) is 3. The molecule has 1 saturated carbocycles. The van der Waals surface area contributed by atoms with Gasteiger partial charge in [-0.25, -0.2) is 13.4 Å². The van der Waals surface area contributed by atoms with Gasteiger partial charge in [-0.3, -0.25) is 10.1 Å². The number of thiazole rings is 1. The van der Waals surface area contributed by atoms with Crippen LogP contribution in [0.15, 0.2) is 33.7 Å². The molecule has 9 heteroatoms. The fourth-order valence-electron chi connectivity index (χ4n) is 2.41. The van der Waals surface area contributed by atoms with Gasteiger partial charge in [0.25, 0.3) is 15.9 Å². The largest absolute Gasteiger partial charge is 0.330 e. The second-order valence-corrected chi connectivity index (χ2v) is 8.27. The molecule has 0 unspecified atom stereocenters. The fraction of sp³-hybridized carbons (Fsp3) is 0.357. The molecule has 1 aromatic rings. The summed E-state index contributed by atoms with van der Waals surface area (Å²) < 4.78 is 26.6. The summed E-state index contributed by atoms with van der Waals surface area (Å²) in [4.78, 5) is 18.4. The lowest BCUT2D eigenvalue weighted by molar-refractivity contribution is -0.112. The fourth-order valence-corrected chi connectivity index (χ4v) is 4.17. The van der Waals surface area contributed by atoms with E-state index in [1.165, 1.54) is 24.2 Å². The van der Waals surface area contributed by atoms with Gasteiger partial charge in [-0.05, 0) is 25.0 Å². The number of aromatic nitrogens is 1. The van der Waals surface area contributed by atoms with Crippen molar-refractivity contribution in [1.29, 1.82) is 0 Å². The molecule has 4 rings (SSSR count). The second-order valence-electron chi connectivity index (χ2n) is 5.65. The highest BCUT2D eigenvalue weighted by Gasteiger charge is 2.27. The van der Waals surface area contributed by atoms with Gasteiger partial charge >= 0.3 is 0 Å². The van der Waals surface area contributed by atoms with Crippen molar-refractivity contribution < 1.29 is 13.2 Å². The third-order valence-corrected chi connectivity index (χ3v) is 5.76. The smallest absolute Gasteiger partial charge is 0.258 e. The number of rotatable bonds is 3. The molecule has 1 amide bonds. The van der Waals surface area contributed by atoms with Crippen LogP contribution in [-0.4, -0.2) is 42.3 Å². The number of sulfonamides is 1. The first-order valence-electron chi connectivity index (χ1n) is 7.26. The Hall–Kier alpha value is -2.00. The van der Waals surface area contributed by atoms with Crippen LogP contribution < -0.4 is 5.32 Å². The van der Waals surface area contributed by atoms with E-state index in [-0.39, 0.29) is 11.7 Å². The van der Waals surface area contributed by atoms with E-state index >= 15 is 0 Å². The molecule has 0 spiro atoms. The second kappa shape index (κ2) is 5.27. The zero-order valence-corrected chi connectivity index (χ0v) is 13.7. The Morgan fingerprint density at radius 2 is 2.17 bits per heavy atom. The number of hydrogen-bond acceptors (Lipinski definition) is 6. The van der Waals surface area contributed by atoms with Crippen molar-refractivity contribution in [2.75, 3.05) is 17.6 Å². The first kappa shape index (κ1) is 14.6. The summed E-state index contributed by atoms with van der Waals surface area (Å²) in [5.41, 5.74) is 1.50. The van der Waals surface area contributed by atoms with E-state index in [4.69, 9.17) is 0 Å². The van der Waals surface area contributed by atoms with Crippen LogP contribution in [0.25, 0.3) is 0 Å². The van der Waals surface area contributed by atoms with E-state index in [0.29, 0.717) is 29.0 Å². The molecule has 0 radical (unpaired) electrons. The van der Waals surface area contributed by atoms with Crippen molar-refractivity contribution in [3.05, 3.63) is 35.0 Å². The summed E-state index contributed by atoms with van der Waals surface area (Å²) in [6.45, 7) is 0.297. The third kappa shape index (κ3) is 3.06. The molecule has 0 atom stereocenters. The Balaban J connectivity index is 1.49. The number of amidine groups is 1. The van der Waals surface area contributed by atoms with Gasteiger partial charge in [0.1, 0.15) is 5.84 Å². The average Bonchev–Trinajstić information content (AvgIpc) is 3.26. The number of amides is 1. The standard InChI is InChI=1S/C14H14N4O3S2/c19-13(16-14-15-11(8-22-14)9-1-2-9)10-3-4-12-17-23(20,21)6-5-18(12)7-10/h3-4,7-9H,1-2,5-6H2,(H,15,16,19). The molecule has 1 aliphatic carbocycles. The monoisotopic (exact) mass is 350 g/mol. The molecule has 0 aromatic carbocycles. The minimum Gasteiger partial charge on any atom is -0.330 e. The summed E-state index contributed by atoms with van der Waals surface area (Å²) in [7, 11) is -3.38. The van der Waals surface area contributed by atoms with Crippen molar-refractivity contribution >= 4 is 38.2 Å². The number of anilines is 1. The molecule has 0 saturated heterocycles. The first-order valence-corrected chi connectivity index (χ1v) is 9.75. The van der Waals surface area contributed by atoms with Crippen molar-refractivity contribution in [3.63, 3.8) is 0 Å². The van der Waals surface area contributed by atoms with E-state index in [9.17, 15) is 13.2 Å². The highest BCUT2D eigenvalue weighted by Crippen LogP contribution is 2.40. The maximum absolute atomic E-state index is 12.3. The predicted octanol–water partition coefficient (Wildman–Crippen LogP) is 1.46. The summed E-state index contributed by atoms with van der Waals surface area (Å²) in [5, 5.41) is 5.37. The van der Waals surface area contributed by atoms with Gasteiger partial charge in [0.15, 0.2) is 5.13 Å². The van der Waals surface area contributed by atoms with Crippen molar-refractivity contribution in [2.45, 2.75) is 18.8 Å². The van der Waals surface area contributed by atoms with E-state index in [2.05, 4.69) is 14.7 Å². The Morgan fingerprint density at radius 3 is 2.96 bits per heavy atom. The Labute approximate surface area is 137 Å². The van der Waals surface area contributed by atoms with Crippen LogP contribution in [0.5, 0.6) is 0 Å². The van der Waals surface area contributed by atoms with Gasteiger partial charge in [-0.15, -0.1) is 15.7 Å². The van der Waals surface area contributed by atoms with Gasteiger partial charge in [0, 0.05) is 24.0 Å². The topological polar surface area (TPSA) is 91.7 Å². The lowest BCUT2D eigenvalue weighted by Gasteiger charge is -2.26. The van der Waals surface area contributed by atoms with Crippen LogP contribution >= 0.6 is 11.3 Å².